The molecule has 31 heavy (non-hydrogen) atoms. The van der Waals surface area contributed by atoms with Crippen LogP contribution in [0.1, 0.15) is 16.2 Å². The molecule has 0 aliphatic carbocycles. The fraction of sp³-hybridized carbons (Fsp3) is 0.0500. The summed E-state index contributed by atoms with van der Waals surface area (Å²) in [5, 5.41) is 16.6. The Morgan fingerprint density at radius 2 is 1.68 bits per heavy atom. The Hall–Kier alpha value is -3.30. The maximum atomic E-state index is 13.7. The van der Waals surface area contributed by atoms with Gasteiger partial charge in [-0.1, -0.05) is 35.3 Å². The summed E-state index contributed by atoms with van der Waals surface area (Å²) in [4.78, 5) is 16.7. The van der Waals surface area contributed by atoms with Crippen LogP contribution in [0.4, 0.5) is 18.9 Å². The van der Waals surface area contributed by atoms with Crippen molar-refractivity contribution in [3.63, 3.8) is 0 Å². The van der Waals surface area contributed by atoms with Crippen molar-refractivity contribution in [1.82, 2.24) is 14.6 Å². The predicted molar refractivity (Wildman–Crippen MR) is 110 cm³/mol. The fourth-order valence-corrected chi connectivity index (χ4v) is 3.15. The third-order valence-electron chi connectivity index (χ3n) is 4.30. The van der Waals surface area contributed by atoms with E-state index in [0.717, 1.165) is 12.1 Å². The molecule has 0 radical (unpaired) electrons. The topological polar surface area (TPSA) is 79.5 Å². The zero-order valence-corrected chi connectivity index (χ0v) is 16.8. The molecule has 2 aromatic heterocycles. The lowest BCUT2D eigenvalue weighted by Gasteiger charge is -2.11. The molecule has 0 aliphatic heterocycles. The summed E-state index contributed by atoms with van der Waals surface area (Å²) in [5.41, 5.74) is -1.18. The van der Waals surface area contributed by atoms with Crippen LogP contribution in [0.5, 0.6) is 5.75 Å². The largest absolute Gasteiger partial charge is 0.506 e. The smallest absolute Gasteiger partial charge is 0.433 e. The monoisotopic (exact) mass is 466 g/mol. The number of alkyl halides is 3. The number of phenolic OH excluding ortho intramolecular Hbond substituents is 1. The number of hydrogen-bond donors (Lipinski definition) is 2. The lowest BCUT2D eigenvalue weighted by atomic mass is 10.1. The van der Waals surface area contributed by atoms with E-state index in [1.165, 1.54) is 42.5 Å². The third-order valence-corrected chi connectivity index (χ3v) is 4.78. The molecule has 11 heteroatoms. The van der Waals surface area contributed by atoms with Gasteiger partial charge in [0.05, 0.1) is 11.4 Å². The molecule has 0 saturated carbocycles. The molecule has 0 spiro atoms. The van der Waals surface area contributed by atoms with E-state index in [-0.39, 0.29) is 33.5 Å². The maximum absolute atomic E-state index is 13.7. The fourth-order valence-electron chi connectivity index (χ4n) is 2.85. The van der Waals surface area contributed by atoms with Crippen LogP contribution in [0, 0.1) is 0 Å². The van der Waals surface area contributed by atoms with Gasteiger partial charge >= 0.3 is 6.18 Å². The molecule has 0 aliphatic rings. The van der Waals surface area contributed by atoms with E-state index >= 15 is 0 Å². The number of fused-ring (bicyclic) bond motifs is 1. The Labute approximate surface area is 182 Å². The second kappa shape index (κ2) is 7.75. The van der Waals surface area contributed by atoms with Crippen LogP contribution in [0.3, 0.4) is 0 Å². The van der Waals surface area contributed by atoms with Gasteiger partial charge in [0.25, 0.3) is 5.91 Å². The molecular formula is C20H11Cl2F3N4O2. The highest BCUT2D eigenvalue weighted by atomic mass is 35.5. The van der Waals surface area contributed by atoms with Gasteiger partial charge in [-0.25, -0.2) is 9.50 Å². The number of rotatable bonds is 3. The molecule has 2 heterocycles. The highest BCUT2D eigenvalue weighted by Gasteiger charge is 2.35. The van der Waals surface area contributed by atoms with Crippen LogP contribution < -0.4 is 5.32 Å². The number of nitrogens with zero attached hydrogens (tertiary/aromatic N) is 3. The van der Waals surface area contributed by atoms with Crippen LogP contribution in [-0.4, -0.2) is 25.6 Å². The summed E-state index contributed by atoms with van der Waals surface area (Å²) in [6.45, 7) is 0. The van der Waals surface area contributed by atoms with Crippen molar-refractivity contribution in [1.29, 1.82) is 0 Å². The van der Waals surface area contributed by atoms with Crippen LogP contribution in [0.15, 0.2) is 54.6 Å². The van der Waals surface area contributed by atoms with Gasteiger partial charge in [-0.15, -0.1) is 0 Å². The standard InChI is InChI=1S/C20H11Cl2F3N4O2/c21-11-3-1-10(2-4-11)13-8-17(20(23,24)25)29-18(26-13)9-15(28-29)19(31)27-14-7-12(22)5-6-16(14)30/h1-9,30H,(H,27,31). The van der Waals surface area contributed by atoms with Crippen molar-refractivity contribution in [3.8, 4) is 17.0 Å². The molecule has 0 bridgehead atoms. The quantitative estimate of drug-likeness (QED) is 0.380. The van der Waals surface area contributed by atoms with E-state index < -0.39 is 17.8 Å². The molecule has 2 aromatic carbocycles. The number of nitrogens with one attached hydrogen (secondary N) is 1. The molecule has 158 valence electrons. The Kier molecular flexibility index (Phi) is 5.24. The number of carbonyl (C=O) groups excluding carboxylic acids is 1. The Balaban J connectivity index is 1.79. The van der Waals surface area contributed by atoms with Crippen molar-refractivity contribution in [2.75, 3.05) is 5.32 Å². The zero-order chi connectivity index (χ0) is 22.3. The zero-order valence-electron chi connectivity index (χ0n) is 15.3. The average molecular weight is 467 g/mol. The number of benzene rings is 2. The summed E-state index contributed by atoms with van der Waals surface area (Å²) in [6, 6.07) is 12.1. The van der Waals surface area contributed by atoms with Crippen molar-refractivity contribution < 1.29 is 23.1 Å². The van der Waals surface area contributed by atoms with Crippen molar-refractivity contribution in [2.45, 2.75) is 6.18 Å². The van der Waals surface area contributed by atoms with Crippen LogP contribution in [0.2, 0.25) is 10.0 Å². The van der Waals surface area contributed by atoms with Gasteiger partial charge in [-0.05, 0) is 36.4 Å². The van der Waals surface area contributed by atoms with Crippen molar-refractivity contribution >= 4 is 40.4 Å². The summed E-state index contributed by atoms with van der Waals surface area (Å²) in [5.74, 6) is -1.11. The number of phenols is 1. The summed E-state index contributed by atoms with van der Waals surface area (Å²) < 4.78 is 41.6. The molecule has 4 aromatic rings. The molecule has 0 saturated heterocycles. The molecule has 6 nitrogen and oxygen atoms in total. The van der Waals surface area contributed by atoms with Crippen LogP contribution in [0.25, 0.3) is 16.9 Å². The second-order valence-corrected chi connectivity index (χ2v) is 7.32. The predicted octanol–water partition coefficient (Wildman–Crippen LogP) is 5.68. The molecule has 0 atom stereocenters. The van der Waals surface area contributed by atoms with E-state index in [4.69, 9.17) is 23.2 Å². The van der Waals surface area contributed by atoms with E-state index in [1.54, 1.807) is 0 Å². The van der Waals surface area contributed by atoms with Gasteiger partial charge < -0.3 is 10.4 Å². The number of hydrogen-bond acceptors (Lipinski definition) is 4. The number of aromatic hydroxyl groups is 1. The van der Waals surface area contributed by atoms with Crippen molar-refractivity contribution in [2.24, 2.45) is 0 Å². The maximum Gasteiger partial charge on any atom is 0.433 e. The second-order valence-electron chi connectivity index (χ2n) is 6.45. The van der Waals surface area contributed by atoms with Gasteiger partial charge in [-0.2, -0.15) is 18.3 Å². The van der Waals surface area contributed by atoms with Crippen molar-refractivity contribution in [3.05, 3.63) is 76.0 Å². The first-order valence-corrected chi connectivity index (χ1v) is 9.41. The number of aromatic nitrogens is 3. The minimum absolute atomic E-state index is 0.0135. The number of amides is 1. The Morgan fingerprint density at radius 1 is 1.00 bits per heavy atom. The van der Waals surface area contributed by atoms with E-state index in [2.05, 4.69) is 15.4 Å². The number of halogens is 5. The molecule has 0 unspecified atom stereocenters. The molecule has 2 N–H and O–H groups in total. The van der Waals surface area contributed by atoms with Gasteiger partial charge in [-0.3, -0.25) is 4.79 Å². The normalized spacial score (nSPS) is 11.6. The third kappa shape index (κ3) is 4.28. The van der Waals surface area contributed by atoms with Crippen LogP contribution in [-0.2, 0) is 6.18 Å². The molecular weight excluding hydrogens is 456 g/mol. The molecule has 4 rings (SSSR count). The van der Waals surface area contributed by atoms with E-state index in [1.807, 2.05) is 0 Å². The van der Waals surface area contributed by atoms with Gasteiger partial charge in [0.1, 0.15) is 5.75 Å². The van der Waals surface area contributed by atoms with E-state index in [9.17, 15) is 23.1 Å². The number of carbonyl (C=O) groups is 1. The SMILES string of the molecule is O=C(Nc1cc(Cl)ccc1O)c1cc2nc(-c3ccc(Cl)cc3)cc(C(F)(F)F)n2n1. The molecule has 0 fully saturated rings. The lowest BCUT2D eigenvalue weighted by molar-refractivity contribution is -0.142. The first kappa shape index (κ1) is 21.0. The van der Waals surface area contributed by atoms with E-state index in [0.29, 0.717) is 15.1 Å². The summed E-state index contributed by atoms with van der Waals surface area (Å²) >= 11 is 11.7. The Morgan fingerprint density at radius 3 is 2.35 bits per heavy atom. The van der Waals surface area contributed by atoms with Crippen LogP contribution >= 0.6 is 23.2 Å². The average Bonchev–Trinajstić information content (AvgIpc) is 3.14. The van der Waals surface area contributed by atoms with Gasteiger partial charge in [0.15, 0.2) is 17.0 Å². The highest BCUT2D eigenvalue weighted by Crippen LogP contribution is 2.33. The summed E-state index contributed by atoms with van der Waals surface area (Å²) in [7, 11) is 0. The highest BCUT2D eigenvalue weighted by molar-refractivity contribution is 6.31. The molecule has 1 amide bonds. The first-order valence-electron chi connectivity index (χ1n) is 8.65. The summed E-state index contributed by atoms with van der Waals surface area (Å²) in [6.07, 6.45) is -4.76. The first-order chi connectivity index (χ1) is 14.6. The lowest BCUT2D eigenvalue weighted by Crippen LogP contribution is -2.15. The van der Waals surface area contributed by atoms with Gasteiger partial charge in [0.2, 0.25) is 0 Å². The van der Waals surface area contributed by atoms with Gasteiger partial charge in [0, 0.05) is 21.7 Å². The minimum Gasteiger partial charge on any atom is -0.506 e. The Bertz CT molecular complexity index is 1300. The number of anilines is 1. The minimum atomic E-state index is -4.76.